The lowest BCUT2D eigenvalue weighted by Gasteiger charge is -2.17. The first-order chi connectivity index (χ1) is 10.2. The van der Waals surface area contributed by atoms with E-state index in [2.05, 4.69) is 4.72 Å². The third-order valence-corrected chi connectivity index (χ3v) is 7.40. The number of hydrogen-bond acceptors (Lipinski definition) is 5. The standard InChI is InChI=1S/C13H14ClNO4S3/c1-21(16,17)15-9-12(10-4-6-11(14)7-5-10)22(18,19)13-3-2-8-20-13/h2-8,12,15H,9H2,1H3/t12-/m0/s1. The number of hydrogen-bond donors (Lipinski definition) is 1. The predicted octanol–water partition coefficient (Wildman–Crippen LogP) is 2.47. The molecule has 5 nitrogen and oxygen atoms in total. The Hall–Kier alpha value is -0.930. The molecular weight excluding hydrogens is 366 g/mol. The maximum absolute atomic E-state index is 12.7. The monoisotopic (exact) mass is 379 g/mol. The molecule has 120 valence electrons. The summed E-state index contributed by atoms with van der Waals surface area (Å²) in [4.78, 5) is 0. The number of thiophene rings is 1. The van der Waals surface area contributed by atoms with Crippen LogP contribution in [0.1, 0.15) is 10.8 Å². The van der Waals surface area contributed by atoms with Gasteiger partial charge in [-0.1, -0.05) is 29.8 Å². The molecule has 22 heavy (non-hydrogen) atoms. The van der Waals surface area contributed by atoms with Crippen molar-refractivity contribution in [1.82, 2.24) is 4.72 Å². The summed E-state index contributed by atoms with van der Waals surface area (Å²) >= 11 is 6.92. The zero-order valence-corrected chi connectivity index (χ0v) is 14.8. The fraction of sp³-hybridized carbons (Fsp3) is 0.231. The van der Waals surface area contributed by atoms with Crippen LogP contribution in [0, 0.1) is 0 Å². The zero-order valence-electron chi connectivity index (χ0n) is 11.6. The molecule has 1 atom stereocenters. The second kappa shape index (κ2) is 6.67. The van der Waals surface area contributed by atoms with Gasteiger partial charge in [0, 0.05) is 11.6 Å². The molecule has 0 amide bonds. The molecule has 0 aliphatic heterocycles. The molecular formula is C13H14ClNO4S3. The maximum atomic E-state index is 12.7. The van der Waals surface area contributed by atoms with Gasteiger partial charge in [0.1, 0.15) is 9.46 Å². The van der Waals surface area contributed by atoms with Gasteiger partial charge >= 0.3 is 0 Å². The van der Waals surface area contributed by atoms with E-state index in [-0.39, 0.29) is 10.8 Å². The van der Waals surface area contributed by atoms with Crippen molar-refractivity contribution < 1.29 is 16.8 Å². The van der Waals surface area contributed by atoms with Crippen molar-refractivity contribution in [1.29, 1.82) is 0 Å². The Bertz CT molecular complexity index is 828. The van der Waals surface area contributed by atoms with Crippen molar-refractivity contribution in [2.45, 2.75) is 9.46 Å². The van der Waals surface area contributed by atoms with Crippen molar-refractivity contribution in [2.75, 3.05) is 12.8 Å². The van der Waals surface area contributed by atoms with E-state index in [4.69, 9.17) is 11.6 Å². The third-order valence-electron chi connectivity index (χ3n) is 2.92. The fourth-order valence-corrected chi connectivity index (χ4v) is 5.44. The molecule has 0 radical (unpaired) electrons. The normalized spacial score (nSPS) is 13.9. The molecule has 9 heteroatoms. The second-order valence-electron chi connectivity index (χ2n) is 4.64. The Labute approximate surface area is 138 Å². The molecule has 0 saturated heterocycles. The van der Waals surface area contributed by atoms with E-state index in [0.717, 1.165) is 17.6 Å². The molecule has 1 heterocycles. The summed E-state index contributed by atoms with van der Waals surface area (Å²) in [6.45, 7) is -0.235. The molecule has 2 rings (SSSR count). The van der Waals surface area contributed by atoms with Gasteiger partial charge in [-0.05, 0) is 29.1 Å². The van der Waals surface area contributed by atoms with Crippen molar-refractivity contribution >= 4 is 42.8 Å². The highest BCUT2D eigenvalue weighted by molar-refractivity contribution is 7.93. The summed E-state index contributed by atoms with van der Waals surface area (Å²) in [5, 5.41) is 1.13. The van der Waals surface area contributed by atoms with E-state index in [9.17, 15) is 16.8 Å². The summed E-state index contributed by atoms with van der Waals surface area (Å²) in [5.74, 6) is 0. The van der Waals surface area contributed by atoms with Crippen LogP contribution in [-0.4, -0.2) is 29.6 Å². The van der Waals surface area contributed by atoms with E-state index in [0.29, 0.717) is 10.6 Å². The molecule has 0 aliphatic carbocycles. The van der Waals surface area contributed by atoms with Gasteiger partial charge in [0.15, 0.2) is 9.84 Å². The van der Waals surface area contributed by atoms with Gasteiger partial charge in [0.25, 0.3) is 0 Å². The van der Waals surface area contributed by atoms with E-state index < -0.39 is 25.1 Å². The van der Waals surface area contributed by atoms with Gasteiger partial charge in [-0.2, -0.15) is 0 Å². The number of nitrogens with one attached hydrogen (secondary N) is 1. The van der Waals surface area contributed by atoms with Crippen LogP contribution in [0.2, 0.25) is 5.02 Å². The zero-order chi connectivity index (χ0) is 16.4. The second-order valence-corrected chi connectivity index (χ2v) is 10.2. The highest BCUT2D eigenvalue weighted by Crippen LogP contribution is 2.31. The number of halogens is 1. The minimum atomic E-state index is -3.70. The van der Waals surface area contributed by atoms with Crippen LogP contribution in [-0.2, 0) is 19.9 Å². The topological polar surface area (TPSA) is 80.3 Å². The van der Waals surface area contributed by atoms with Crippen LogP contribution in [0.4, 0.5) is 0 Å². The molecule has 0 aliphatic rings. The molecule has 0 unspecified atom stereocenters. The Balaban J connectivity index is 2.43. The highest BCUT2D eigenvalue weighted by atomic mass is 35.5. The largest absolute Gasteiger partial charge is 0.222 e. The minimum absolute atomic E-state index is 0.197. The number of benzene rings is 1. The van der Waals surface area contributed by atoms with Gasteiger partial charge in [0.2, 0.25) is 10.0 Å². The summed E-state index contributed by atoms with van der Waals surface area (Å²) in [6, 6.07) is 9.47. The Morgan fingerprint density at radius 1 is 1.14 bits per heavy atom. The van der Waals surface area contributed by atoms with Crippen LogP contribution in [0.3, 0.4) is 0 Å². The molecule has 1 aromatic heterocycles. The average molecular weight is 380 g/mol. The van der Waals surface area contributed by atoms with Gasteiger partial charge < -0.3 is 0 Å². The van der Waals surface area contributed by atoms with Crippen LogP contribution >= 0.6 is 22.9 Å². The van der Waals surface area contributed by atoms with Gasteiger partial charge in [0.05, 0.1) is 6.26 Å². The van der Waals surface area contributed by atoms with Gasteiger partial charge in [-0.15, -0.1) is 11.3 Å². The molecule has 0 spiro atoms. The molecule has 2 aromatic rings. The lowest BCUT2D eigenvalue weighted by molar-refractivity contribution is 0.573. The van der Waals surface area contributed by atoms with Gasteiger partial charge in [-0.25, -0.2) is 21.6 Å². The summed E-state index contributed by atoms with van der Waals surface area (Å²) < 4.78 is 50.6. The smallest absolute Gasteiger partial charge is 0.208 e. The number of sulfonamides is 1. The van der Waals surface area contributed by atoms with Gasteiger partial charge in [-0.3, -0.25) is 0 Å². The lowest BCUT2D eigenvalue weighted by Crippen LogP contribution is -2.31. The van der Waals surface area contributed by atoms with Crippen LogP contribution in [0.5, 0.6) is 0 Å². The highest BCUT2D eigenvalue weighted by Gasteiger charge is 2.30. The first kappa shape index (κ1) is 17.4. The summed E-state index contributed by atoms with van der Waals surface area (Å²) in [7, 11) is -7.20. The van der Waals surface area contributed by atoms with Crippen molar-refractivity contribution in [3.05, 3.63) is 52.4 Å². The Morgan fingerprint density at radius 3 is 2.27 bits per heavy atom. The average Bonchev–Trinajstić information content (AvgIpc) is 2.94. The van der Waals surface area contributed by atoms with E-state index in [1.165, 1.54) is 6.07 Å². The van der Waals surface area contributed by atoms with Crippen molar-refractivity contribution in [3.8, 4) is 0 Å². The van der Waals surface area contributed by atoms with Crippen molar-refractivity contribution in [2.24, 2.45) is 0 Å². The van der Waals surface area contributed by atoms with E-state index in [1.54, 1.807) is 35.7 Å². The fourth-order valence-electron chi connectivity index (χ4n) is 1.88. The van der Waals surface area contributed by atoms with Crippen molar-refractivity contribution in [3.63, 3.8) is 0 Å². The molecule has 0 fully saturated rings. The SMILES string of the molecule is CS(=O)(=O)NC[C@@H](c1ccc(Cl)cc1)S(=O)(=O)c1cccs1. The first-order valence-corrected chi connectivity index (χ1v) is 10.9. The van der Waals surface area contributed by atoms with Crippen LogP contribution in [0.25, 0.3) is 0 Å². The van der Waals surface area contributed by atoms with Crippen LogP contribution in [0.15, 0.2) is 46.0 Å². The third kappa shape index (κ3) is 4.30. The Kier molecular flexibility index (Phi) is 5.29. The molecule has 1 N–H and O–H groups in total. The predicted molar refractivity (Wildman–Crippen MR) is 88.5 cm³/mol. The maximum Gasteiger partial charge on any atom is 0.208 e. The number of sulfone groups is 1. The lowest BCUT2D eigenvalue weighted by atomic mass is 10.1. The number of rotatable bonds is 6. The minimum Gasteiger partial charge on any atom is -0.222 e. The Morgan fingerprint density at radius 2 is 1.77 bits per heavy atom. The van der Waals surface area contributed by atoms with E-state index >= 15 is 0 Å². The van der Waals surface area contributed by atoms with E-state index in [1.807, 2.05) is 0 Å². The summed E-state index contributed by atoms with van der Waals surface area (Å²) in [5.41, 5.74) is 0.481. The molecule has 1 aromatic carbocycles. The molecule has 0 bridgehead atoms. The summed E-state index contributed by atoms with van der Waals surface area (Å²) in [6.07, 6.45) is 0.990. The molecule has 0 saturated carbocycles. The first-order valence-electron chi connectivity index (χ1n) is 6.17. The van der Waals surface area contributed by atoms with Crippen LogP contribution < -0.4 is 4.72 Å². The quantitative estimate of drug-likeness (QED) is 0.836.